The van der Waals surface area contributed by atoms with E-state index in [1.165, 1.54) is 5.56 Å². The van der Waals surface area contributed by atoms with Gasteiger partial charge < -0.3 is 10.1 Å². The van der Waals surface area contributed by atoms with Gasteiger partial charge in [-0.2, -0.15) is 5.26 Å². The highest BCUT2D eigenvalue weighted by atomic mass is 16.5. The lowest BCUT2D eigenvalue weighted by Crippen LogP contribution is -2.39. The predicted octanol–water partition coefficient (Wildman–Crippen LogP) is 3.81. The van der Waals surface area contributed by atoms with Crippen molar-refractivity contribution in [1.82, 2.24) is 5.32 Å². The molecule has 0 unspecified atom stereocenters. The van der Waals surface area contributed by atoms with Crippen LogP contribution in [0.5, 0.6) is 5.75 Å². The number of para-hydroxylation sites is 1. The maximum absolute atomic E-state index is 12.5. The molecule has 0 radical (unpaired) electrons. The van der Waals surface area contributed by atoms with Gasteiger partial charge in [-0.05, 0) is 43.2 Å². The number of hydrogen-bond acceptors (Lipinski definition) is 3. The molecule has 0 spiro atoms. The fourth-order valence-electron chi connectivity index (χ4n) is 3.72. The summed E-state index contributed by atoms with van der Waals surface area (Å²) in [5, 5.41) is 12.0. The Balaban J connectivity index is 1.78. The molecule has 1 aliphatic carbocycles. The van der Waals surface area contributed by atoms with E-state index in [-0.39, 0.29) is 11.3 Å². The second-order valence-corrected chi connectivity index (χ2v) is 6.56. The summed E-state index contributed by atoms with van der Waals surface area (Å²) >= 11 is 0. The SMILES string of the molecule is COc1ccccc1C1(CNC(=O)c2ccc(C#N)cc2)CCCC1. The summed E-state index contributed by atoms with van der Waals surface area (Å²) in [6.07, 6.45) is 4.40. The highest BCUT2D eigenvalue weighted by Gasteiger charge is 2.38. The normalized spacial score (nSPS) is 15.4. The van der Waals surface area contributed by atoms with Gasteiger partial charge in [0.1, 0.15) is 5.75 Å². The third-order valence-electron chi connectivity index (χ3n) is 5.10. The Morgan fingerprint density at radius 1 is 1.16 bits per heavy atom. The Bertz CT molecular complexity index is 784. The van der Waals surface area contributed by atoms with Crippen molar-refractivity contribution in [1.29, 1.82) is 5.26 Å². The second kappa shape index (κ2) is 7.40. The van der Waals surface area contributed by atoms with Gasteiger partial charge in [0.05, 0.1) is 18.7 Å². The molecule has 1 N–H and O–H groups in total. The maximum atomic E-state index is 12.5. The number of carbonyl (C=O) groups excluding carboxylic acids is 1. The third-order valence-corrected chi connectivity index (χ3v) is 5.10. The monoisotopic (exact) mass is 334 g/mol. The summed E-state index contributed by atoms with van der Waals surface area (Å²) < 4.78 is 5.56. The molecule has 2 aromatic carbocycles. The quantitative estimate of drug-likeness (QED) is 0.904. The number of amides is 1. The minimum absolute atomic E-state index is 0.0745. The van der Waals surface area contributed by atoms with Gasteiger partial charge in [-0.3, -0.25) is 4.79 Å². The largest absolute Gasteiger partial charge is 0.496 e. The van der Waals surface area contributed by atoms with E-state index in [0.29, 0.717) is 17.7 Å². The zero-order chi connectivity index (χ0) is 17.7. The van der Waals surface area contributed by atoms with Crippen LogP contribution in [0.15, 0.2) is 48.5 Å². The zero-order valence-corrected chi connectivity index (χ0v) is 14.4. The lowest BCUT2D eigenvalue weighted by Gasteiger charge is -2.31. The lowest BCUT2D eigenvalue weighted by molar-refractivity contribution is 0.0942. The summed E-state index contributed by atoms with van der Waals surface area (Å²) in [4.78, 5) is 12.5. The van der Waals surface area contributed by atoms with Crippen molar-refractivity contribution in [3.63, 3.8) is 0 Å². The van der Waals surface area contributed by atoms with Crippen LogP contribution in [0.25, 0.3) is 0 Å². The van der Waals surface area contributed by atoms with Gasteiger partial charge in [0.25, 0.3) is 5.91 Å². The molecule has 0 saturated heterocycles. The molecule has 25 heavy (non-hydrogen) atoms. The van der Waals surface area contributed by atoms with E-state index in [1.807, 2.05) is 18.2 Å². The summed E-state index contributed by atoms with van der Waals surface area (Å²) in [5.41, 5.74) is 2.23. The van der Waals surface area contributed by atoms with Crippen molar-refractivity contribution < 1.29 is 9.53 Å². The number of methoxy groups -OCH3 is 1. The first-order valence-electron chi connectivity index (χ1n) is 8.60. The van der Waals surface area contributed by atoms with Crippen molar-refractivity contribution in [2.24, 2.45) is 0 Å². The fraction of sp³-hybridized carbons (Fsp3) is 0.333. The molecule has 1 aliphatic rings. The molecule has 1 saturated carbocycles. The van der Waals surface area contributed by atoms with Crippen molar-refractivity contribution in [3.05, 3.63) is 65.2 Å². The molecular weight excluding hydrogens is 312 g/mol. The molecule has 4 nitrogen and oxygen atoms in total. The van der Waals surface area contributed by atoms with Crippen molar-refractivity contribution >= 4 is 5.91 Å². The van der Waals surface area contributed by atoms with Crippen LogP contribution in [0.2, 0.25) is 0 Å². The summed E-state index contributed by atoms with van der Waals surface area (Å²) in [6, 6.07) is 16.9. The summed E-state index contributed by atoms with van der Waals surface area (Å²) in [7, 11) is 1.69. The average molecular weight is 334 g/mol. The van der Waals surface area contributed by atoms with Gasteiger partial charge >= 0.3 is 0 Å². The van der Waals surface area contributed by atoms with Crippen molar-refractivity contribution in [3.8, 4) is 11.8 Å². The van der Waals surface area contributed by atoms with Gasteiger partial charge in [0.15, 0.2) is 0 Å². The second-order valence-electron chi connectivity index (χ2n) is 6.56. The van der Waals surface area contributed by atoms with Crippen LogP contribution in [0.4, 0.5) is 0 Å². The summed E-state index contributed by atoms with van der Waals surface area (Å²) in [6.45, 7) is 0.589. The highest BCUT2D eigenvalue weighted by Crippen LogP contribution is 2.44. The van der Waals surface area contributed by atoms with E-state index in [0.717, 1.165) is 31.4 Å². The number of nitrogens with one attached hydrogen (secondary N) is 1. The number of hydrogen-bond donors (Lipinski definition) is 1. The van der Waals surface area contributed by atoms with Gasteiger partial charge in [0.2, 0.25) is 0 Å². The van der Waals surface area contributed by atoms with Crippen molar-refractivity contribution in [2.45, 2.75) is 31.1 Å². The van der Waals surface area contributed by atoms with E-state index in [2.05, 4.69) is 17.5 Å². The third kappa shape index (κ3) is 3.51. The first kappa shape index (κ1) is 17.0. The predicted molar refractivity (Wildman–Crippen MR) is 96.6 cm³/mol. The van der Waals surface area contributed by atoms with Crippen LogP contribution in [0.1, 0.15) is 47.2 Å². The topological polar surface area (TPSA) is 62.1 Å². The molecule has 1 amide bonds. The molecule has 0 heterocycles. The van der Waals surface area contributed by atoms with Crippen molar-refractivity contribution in [2.75, 3.05) is 13.7 Å². The number of rotatable bonds is 5. The first-order chi connectivity index (χ1) is 12.2. The smallest absolute Gasteiger partial charge is 0.251 e. The molecule has 4 heteroatoms. The van der Waals surface area contributed by atoms with Crippen LogP contribution in [-0.2, 0) is 5.41 Å². The minimum Gasteiger partial charge on any atom is -0.496 e. The number of nitriles is 1. The number of carbonyl (C=O) groups is 1. The van der Waals surface area contributed by atoms with E-state index in [9.17, 15) is 4.79 Å². The maximum Gasteiger partial charge on any atom is 0.251 e. The van der Waals surface area contributed by atoms with Gasteiger partial charge in [-0.25, -0.2) is 0 Å². The minimum atomic E-state index is -0.106. The van der Waals surface area contributed by atoms with E-state index in [1.54, 1.807) is 31.4 Å². The Morgan fingerprint density at radius 3 is 2.48 bits per heavy atom. The van der Waals surface area contributed by atoms with Gasteiger partial charge in [-0.1, -0.05) is 31.0 Å². The fourth-order valence-corrected chi connectivity index (χ4v) is 3.72. The lowest BCUT2D eigenvalue weighted by atomic mass is 9.78. The Morgan fingerprint density at radius 2 is 1.84 bits per heavy atom. The number of ether oxygens (including phenoxy) is 1. The molecule has 0 bridgehead atoms. The molecule has 3 rings (SSSR count). The Labute approximate surface area is 148 Å². The first-order valence-corrected chi connectivity index (χ1v) is 8.60. The van der Waals surface area contributed by atoms with E-state index >= 15 is 0 Å². The van der Waals surface area contributed by atoms with E-state index in [4.69, 9.17) is 10.00 Å². The molecule has 2 aromatic rings. The molecule has 0 atom stereocenters. The van der Waals surface area contributed by atoms with Crippen LogP contribution >= 0.6 is 0 Å². The van der Waals surface area contributed by atoms with E-state index < -0.39 is 0 Å². The number of nitrogens with zero attached hydrogens (tertiary/aromatic N) is 1. The molecule has 128 valence electrons. The molecule has 0 aliphatic heterocycles. The Kier molecular flexibility index (Phi) is 5.04. The number of benzene rings is 2. The highest BCUT2D eigenvalue weighted by molar-refractivity contribution is 5.94. The van der Waals surface area contributed by atoms with Crippen LogP contribution in [-0.4, -0.2) is 19.6 Å². The van der Waals surface area contributed by atoms with Gasteiger partial charge in [-0.15, -0.1) is 0 Å². The standard InChI is InChI=1S/C21H22N2O2/c1-25-19-7-3-2-6-18(19)21(12-4-5-13-21)15-23-20(24)17-10-8-16(14-22)9-11-17/h2-3,6-11H,4-5,12-13,15H2,1H3,(H,23,24). The summed E-state index contributed by atoms with van der Waals surface area (Å²) in [5.74, 6) is 0.780. The average Bonchev–Trinajstić information content (AvgIpc) is 3.16. The zero-order valence-electron chi connectivity index (χ0n) is 14.4. The molecule has 0 aromatic heterocycles. The van der Waals surface area contributed by atoms with Crippen LogP contribution in [0.3, 0.4) is 0 Å². The molecular formula is C21H22N2O2. The molecule has 1 fully saturated rings. The Hall–Kier alpha value is -2.80. The van der Waals surface area contributed by atoms with Crippen LogP contribution < -0.4 is 10.1 Å². The van der Waals surface area contributed by atoms with Crippen LogP contribution in [0, 0.1) is 11.3 Å². The van der Waals surface area contributed by atoms with Gasteiger partial charge in [0, 0.05) is 23.1 Å².